The molecule has 9 heteroatoms. The molecule has 1 unspecified atom stereocenters. The third-order valence-electron chi connectivity index (χ3n) is 5.36. The van der Waals surface area contributed by atoms with Crippen LogP contribution in [0.25, 0.3) is 11.2 Å². The Morgan fingerprint density at radius 2 is 1.85 bits per heavy atom. The first kappa shape index (κ1) is 23.8. The Bertz CT molecular complexity index is 1270. The van der Waals surface area contributed by atoms with E-state index in [9.17, 15) is 10.2 Å². The van der Waals surface area contributed by atoms with Crippen LogP contribution in [-0.4, -0.2) is 41.4 Å². The van der Waals surface area contributed by atoms with Crippen molar-refractivity contribution in [3.05, 3.63) is 71.0 Å². The number of rotatable bonds is 9. The molecule has 34 heavy (non-hydrogen) atoms. The van der Waals surface area contributed by atoms with Crippen molar-refractivity contribution in [1.29, 1.82) is 0 Å². The zero-order valence-corrected chi connectivity index (χ0v) is 20.2. The van der Waals surface area contributed by atoms with Crippen LogP contribution in [0.3, 0.4) is 0 Å². The molecule has 4 rings (SSSR count). The molecule has 0 saturated heterocycles. The molecule has 1 atom stereocenters. The standard InChI is InChI=1S/C25H29ClN6O2/c1-16(12-25(2,3)34)29-24-30-22(27-13-18-10-7-11-19(26)21(18)33)20-23(31-24)32(15-28-20)14-17-8-5-4-6-9-17/h4-11,15-16,33-34H,12-14H2,1-3H3,(H2,27,29,30,31). The maximum absolute atomic E-state index is 10.3. The molecule has 2 heterocycles. The lowest BCUT2D eigenvalue weighted by Crippen LogP contribution is -2.29. The summed E-state index contributed by atoms with van der Waals surface area (Å²) in [6.07, 6.45) is 2.27. The highest BCUT2D eigenvalue weighted by atomic mass is 35.5. The number of benzene rings is 2. The minimum atomic E-state index is -0.823. The molecule has 2 aromatic carbocycles. The lowest BCUT2D eigenvalue weighted by atomic mass is 10.0. The molecule has 8 nitrogen and oxygen atoms in total. The van der Waals surface area contributed by atoms with E-state index >= 15 is 0 Å². The number of nitrogens with one attached hydrogen (secondary N) is 2. The van der Waals surface area contributed by atoms with Crippen LogP contribution in [0.2, 0.25) is 5.02 Å². The van der Waals surface area contributed by atoms with Crippen LogP contribution >= 0.6 is 11.6 Å². The number of aliphatic hydroxyl groups is 1. The normalized spacial score (nSPS) is 12.6. The van der Waals surface area contributed by atoms with E-state index in [0.717, 1.165) is 5.56 Å². The van der Waals surface area contributed by atoms with Crippen molar-refractivity contribution in [2.75, 3.05) is 10.6 Å². The van der Waals surface area contributed by atoms with Crippen LogP contribution in [0.1, 0.15) is 38.3 Å². The largest absolute Gasteiger partial charge is 0.506 e. The van der Waals surface area contributed by atoms with Gasteiger partial charge in [0.25, 0.3) is 0 Å². The predicted octanol–water partition coefficient (Wildman–Crippen LogP) is 4.81. The minimum Gasteiger partial charge on any atom is -0.506 e. The maximum atomic E-state index is 10.3. The second-order valence-corrected chi connectivity index (χ2v) is 9.50. The van der Waals surface area contributed by atoms with Crippen molar-refractivity contribution in [2.24, 2.45) is 0 Å². The van der Waals surface area contributed by atoms with E-state index in [4.69, 9.17) is 16.6 Å². The first-order valence-corrected chi connectivity index (χ1v) is 11.5. The van der Waals surface area contributed by atoms with E-state index in [1.807, 2.05) is 29.7 Å². The van der Waals surface area contributed by atoms with Crippen LogP contribution in [0.4, 0.5) is 11.8 Å². The highest BCUT2D eigenvalue weighted by Gasteiger charge is 2.20. The van der Waals surface area contributed by atoms with Gasteiger partial charge in [0.05, 0.1) is 23.5 Å². The molecule has 0 saturated carbocycles. The summed E-state index contributed by atoms with van der Waals surface area (Å²) in [7, 11) is 0. The Morgan fingerprint density at radius 3 is 2.59 bits per heavy atom. The highest BCUT2D eigenvalue weighted by Crippen LogP contribution is 2.29. The predicted molar refractivity (Wildman–Crippen MR) is 135 cm³/mol. The molecule has 4 aromatic rings. The Hall–Kier alpha value is -3.36. The molecule has 2 aromatic heterocycles. The van der Waals surface area contributed by atoms with Crippen molar-refractivity contribution in [3.63, 3.8) is 0 Å². The number of anilines is 2. The van der Waals surface area contributed by atoms with E-state index < -0.39 is 5.60 Å². The van der Waals surface area contributed by atoms with Gasteiger partial charge in [0.15, 0.2) is 17.0 Å². The van der Waals surface area contributed by atoms with Gasteiger partial charge in [-0.25, -0.2) is 4.98 Å². The molecule has 0 aliphatic carbocycles. The van der Waals surface area contributed by atoms with Crippen molar-refractivity contribution < 1.29 is 10.2 Å². The number of imidazole rings is 1. The first-order chi connectivity index (χ1) is 16.2. The smallest absolute Gasteiger partial charge is 0.226 e. The number of fused-ring (bicyclic) bond motifs is 1. The topological polar surface area (TPSA) is 108 Å². The molecule has 4 N–H and O–H groups in total. The van der Waals surface area contributed by atoms with Crippen LogP contribution < -0.4 is 10.6 Å². The maximum Gasteiger partial charge on any atom is 0.226 e. The van der Waals surface area contributed by atoms with Crippen molar-refractivity contribution in [3.8, 4) is 5.75 Å². The molecule has 0 aliphatic rings. The van der Waals surface area contributed by atoms with E-state index in [2.05, 4.69) is 32.7 Å². The summed E-state index contributed by atoms with van der Waals surface area (Å²) in [5.41, 5.74) is 2.25. The summed E-state index contributed by atoms with van der Waals surface area (Å²) in [6, 6.07) is 15.3. The monoisotopic (exact) mass is 480 g/mol. The first-order valence-electron chi connectivity index (χ1n) is 11.2. The molecule has 0 bridgehead atoms. The van der Waals surface area contributed by atoms with Crippen LogP contribution in [0.15, 0.2) is 54.9 Å². The summed E-state index contributed by atoms with van der Waals surface area (Å²) in [5.74, 6) is 1.000. The third kappa shape index (κ3) is 5.76. The lowest BCUT2D eigenvalue weighted by Gasteiger charge is -2.23. The average Bonchev–Trinajstić information content (AvgIpc) is 3.16. The van der Waals surface area contributed by atoms with Gasteiger partial charge >= 0.3 is 0 Å². The highest BCUT2D eigenvalue weighted by molar-refractivity contribution is 6.32. The van der Waals surface area contributed by atoms with Crippen LogP contribution in [0, 0.1) is 0 Å². The number of aromatic nitrogens is 4. The fourth-order valence-corrected chi connectivity index (χ4v) is 4.12. The zero-order valence-electron chi connectivity index (χ0n) is 19.5. The van der Waals surface area contributed by atoms with Gasteiger partial charge in [-0.15, -0.1) is 0 Å². The summed E-state index contributed by atoms with van der Waals surface area (Å²) in [5, 5.41) is 27.3. The average molecular weight is 481 g/mol. The van der Waals surface area contributed by atoms with Gasteiger partial charge in [0.2, 0.25) is 5.95 Å². The second-order valence-electron chi connectivity index (χ2n) is 9.09. The SMILES string of the molecule is CC(CC(C)(C)O)Nc1nc(NCc2cccc(Cl)c2O)c2ncn(Cc3ccccc3)c2n1. The van der Waals surface area contributed by atoms with Gasteiger partial charge in [-0.1, -0.05) is 54.1 Å². The quantitative estimate of drug-likeness (QED) is 0.272. The number of phenolic OH excluding ortho intramolecular Hbond substituents is 1. The number of para-hydroxylation sites is 1. The number of hydrogen-bond donors (Lipinski definition) is 4. The molecular weight excluding hydrogens is 452 g/mol. The van der Waals surface area contributed by atoms with E-state index in [-0.39, 0.29) is 11.8 Å². The Labute approximate surface area is 203 Å². The number of aromatic hydroxyl groups is 1. The summed E-state index contributed by atoms with van der Waals surface area (Å²) < 4.78 is 1.97. The summed E-state index contributed by atoms with van der Waals surface area (Å²) in [6.45, 7) is 6.44. The van der Waals surface area contributed by atoms with Crippen LogP contribution in [0.5, 0.6) is 5.75 Å². The molecule has 178 valence electrons. The fraction of sp³-hybridized carbons (Fsp3) is 0.320. The second kappa shape index (κ2) is 9.87. The number of halogens is 1. The third-order valence-corrected chi connectivity index (χ3v) is 5.66. The molecule has 0 fully saturated rings. The molecular formula is C25H29ClN6O2. The molecule has 0 aliphatic heterocycles. The van der Waals surface area contributed by atoms with E-state index in [0.29, 0.717) is 53.0 Å². The van der Waals surface area contributed by atoms with Gasteiger partial charge < -0.3 is 25.4 Å². The Morgan fingerprint density at radius 1 is 1.09 bits per heavy atom. The van der Waals surface area contributed by atoms with E-state index in [1.165, 1.54) is 0 Å². The molecule has 0 amide bonds. The van der Waals surface area contributed by atoms with Crippen molar-refractivity contribution in [1.82, 2.24) is 19.5 Å². The minimum absolute atomic E-state index is 0.0359. The van der Waals surface area contributed by atoms with Crippen LogP contribution in [-0.2, 0) is 13.1 Å². The van der Waals surface area contributed by atoms with E-state index in [1.54, 1.807) is 38.4 Å². The molecule has 0 spiro atoms. The van der Waals surface area contributed by atoms with Crippen molar-refractivity contribution in [2.45, 2.75) is 51.9 Å². The van der Waals surface area contributed by atoms with Gasteiger partial charge in [-0.3, -0.25) is 0 Å². The van der Waals surface area contributed by atoms with Crippen molar-refractivity contribution >= 4 is 34.5 Å². The Kier molecular flexibility index (Phi) is 6.90. The van der Waals surface area contributed by atoms with Gasteiger partial charge in [0.1, 0.15) is 5.75 Å². The van der Waals surface area contributed by atoms with Gasteiger partial charge in [-0.2, -0.15) is 9.97 Å². The number of hydrogen-bond acceptors (Lipinski definition) is 7. The zero-order chi connectivity index (χ0) is 24.3. The lowest BCUT2D eigenvalue weighted by molar-refractivity contribution is 0.0672. The number of nitrogens with zero attached hydrogens (tertiary/aromatic N) is 4. The number of phenols is 1. The Balaban J connectivity index is 1.68. The van der Waals surface area contributed by atoms with Gasteiger partial charge in [0, 0.05) is 18.2 Å². The summed E-state index contributed by atoms with van der Waals surface area (Å²) in [4.78, 5) is 14.0. The fourth-order valence-electron chi connectivity index (χ4n) is 3.93. The summed E-state index contributed by atoms with van der Waals surface area (Å²) >= 11 is 6.06. The van der Waals surface area contributed by atoms with Gasteiger partial charge in [-0.05, 0) is 38.8 Å². The molecule has 0 radical (unpaired) electrons.